The lowest BCUT2D eigenvalue weighted by molar-refractivity contribution is 0.332. The Morgan fingerprint density at radius 1 is 0.810 bits per heavy atom. The fraction of sp³-hybridized carbons (Fsp3) is 0.400. The van der Waals surface area contributed by atoms with Gasteiger partial charge in [-0.15, -0.1) is 0 Å². The molecule has 3 rings (SSSR count). The summed E-state index contributed by atoms with van der Waals surface area (Å²) < 4.78 is 0. The normalized spacial score (nSPS) is 19.0. The van der Waals surface area contributed by atoms with Gasteiger partial charge in [0.25, 0.3) is 0 Å². The number of nitrogens with two attached hydrogens (primary N) is 1. The van der Waals surface area contributed by atoms with Crippen molar-refractivity contribution in [2.24, 2.45) is 0 Å². The highest BCUT2D eigenvalue weighted by Crippen LogP contribution is 2.48. The maximum absolute atomic E-state index is 6.39. The summed E-state index contributed by atoms with van der Waals surface area (Å²) >= 11 is 0. The Bertz CT molecular complexity index is 666. The van der Waals surface area contributed by atoms with Crippen molar-refractivity contribution in [2.75, 3.05) is 5.73 Å². The van der Waals surface area contributed by atoms with E-state index in [4.69, 9.17) is 5.73 Å². The number of rotatable bonds is 1. The predicted molar refractivity (Wildman–Crippen MR) is 91.6 cm³/mol. The van der Waals surface area contributed by atoms with Crippen LogP contribution in [0.5, 0.6) is 0 Å². The first kappa shape index (κ1) is 14.2. The Labute approximate surface area is 128 Å². The molecule has 0 saturated heterocycles. The third-order valence-corrected chi connectivity index (χ3v) is 5.11. The van der Waals surface area contributed by atoms with E-state index in [9.17, 15) is 0 Å². The largest absolute Gasteiger partial charge is 0.398 e. The van der Waals surface area contributed by atoms with Gasteiger partial charge >= 0.3 is 0 Å². The molecule has 2 N–H and O–H groups in total. The van der Waals surface area contributed by atoms with Crippen LogP contribution in [0.4, 0.5) is 5.69 Å². The van der Waals surface area contributed by atoms with Crippen LogP contribution in [0.15, 0.2) is 42.5 Å². The molecular formula is C20H25N. The Morgan fingerprint density at radius 2 is 1.33 bits per heavy atom. The van der Waals surface area contributed by atoms with Gasteiger partial charge in [0.2, 0.25) is 0 Å². The molecule has 1 nitrogen and oxygen atoms in total. The van der Waals surface area contributed by atoms with E-state index in [-0.39, 0.29) is 10.8 Å². The molecule has 0 atom stereocenters. The molecule has 110 valence electrons. The summed E-state index contributed by atoms with van der Waals surface area (Å²) in [6.45, 7) is 9.38. The first-order chi connectivity index (χ1) is 9.81. The number of hydrogen-bond donors (Lipinski definition) is 1. The fourth-order valence-electron chi connectivity index (χ4n) is 3.50. The van der Waals surface area contributed by atoms with E-state index >= 15 is 0 Å². The Morgan fingerprint density at radius 3 is 1.90 bits per heavy atom. The molecule has 0 radical (unpaired) electrons. The monoisotopic (exact) mass is 279 g/mol. The second-order valence-corrected chi connectivity index (χ2v) is 7.62. The van der Waals surface area contributed by atoms with E-state index in [1.807, 2.05) is 6.07 Å². The molecule has 0 amide bonds. The van der Waals surface area contributed by atoms with Gasteiger partial charge in [0.1, 0.15) is 0 Å². The Kier molecular flexibility index (Phi) is 3.12. The SMILES string of the molecule is CC1(C)CCC(C)(C)c2cc(-c3ccccc3)c(N)cc21. The lowest BCUT2D eigenvalue weighted by Gasteiger charge is -2.42. The van der Waals surface area contributed by atoms with E-state index in [0.29, 0.717) is 0 Å². The maximum Gasteiger partial charge on any atom is 0.0396 e. The third-order valence-electron chi connectivity index (χ3n) is 5.11. The highest BCUT2D eigenvalue weighted by molar-refractivity contribution is 5.78. The highest BCUT2D eigenvalue weighted by atomic mass is 14.6. The lowest BCUT2D eigenvalue weighted by atomic mass is 9.62. The molecule has 0 unspecified atom stereocenters. The van der Waals surface area contributed by atoms with Gasteiger partial charge in [0.05, 0.1) is 0 Å². The molecule has 1 heteroatoms. The van der Waals surface area contributed by atoms with Crippen LogP contribution >= 0.6 is 0 Å². The molecule has 0 aliphatic heterocycles. The van der Waals surface area contributed by atoms with Crippen molar-refractivity contribution in [1.29, 1.82) is 0 Å². The van der Waals surface area contributed by atoms with Crippen molar-refractivity contribution >= 4 is 5.69 Å². The van der Waals surface area contributed by atoms with Crippen molar-refractivity contribution in [3.8, 4) is 11.1 Å². The van der Waals surface area contributed by atoms with Crippen LogP contribution in [0.3, 0.4) is 0 Å². The second-order valence-electron chi connectivity index (χ2n) is 7.62. The summed E-state index contributed by atoms with van der Waals surface area (Å²) in [7, 11) is 0. The van der Waals surface area contributed by atoms with Crippen LogP contribution in [-0.2, 0) is 10.8 Å². The molecule has 0 saturated carbocycles. The van der Waals surface area contributed by atoms with Crippen LogP contribution < -0.4 is 5.73 Å². The number of nitrogen functional groups attached to an aromatic ring is 1. The van der Waals surface area contributed by atoms with Crippen molar-refractivity contribution < 1.29 is 0 Å². The van der Waals surface area contributed by atoms with Gasteiger partial charge in [-0.3, -0.25) is 0 Å². The smallest absolute Gasteiger partial charge is 0.0396 e. The molecule has 0 spiro atoms. The first-order valence-electron chi connectivity index (χ1n) is 7.81. The van der Waals surface area contributed by atoms with Gasteiger partial charge < -0.3 is 5.73 Å². The molecule has 1 aliphatic rings. The van der Waals surface area contributed by atoms with Gasteiger partial charge in [-0.25, -0.2) is 0 Å². The molecule has 0 aromatic heterocycles. The Hall–Kier alpha value is -1.76. The summed E-state index contributed by atoms with van der Waals surface area (Å²) in [4.78, 5) is 0. The van der Waals surface area contributed by atoms with Crippen molar-refractivity contribution in [2.45, 2.75) is 51.4 Å². The molecule has 0 heterocycles. The van der Waals surface area contributed by atoms with Crippen molar-refractivity contribution in [3.05, 3.63) is 53.6 Å². The lowest BCUT2D eigenvalue weighted by Crippen LogP contribution is -2.34. The number of fused-ring (bicyclic) bond motifs is 1. The summed E-state index contributed by atoms with van der Waals surface area (Å²) in [6.07, 6.45) is 2.45. The summed E-state index contributed by atoms with van der Waals surface area (Å²) in [5.74, 6) is 0. The van der Waals surface area contributed by atoms with E-state index in [0.717, 1.165) is 5.69 Å². The van der Waals surface area contributed by atoms with Crippen LogP contribution in [-0.4, -0.2) is 0 Å². The highest BCUT2D eigenvalue weighted by Gasteiger charge is 2.37. The van der Waals surface area contributed by atoms with Gasteiger partial charge in [0.15, 0.2) is 0 Å². The minimum atomic E-state index is 0.216. The third kappa shape index (κ3) is 2.35. The summed E-state index contributed by atoms with van der Waals surface area (Å²) in [5, 5.41) is 0. The van der Waals surface area contributed by atoms with Gasteiger partial charge in [-0.05, 0) is 52.5 Å². The molecule has 1 aliphatic carbocycles. The van der Waals surface area contributed by atoms with Crippen molar-refractivity contribution in [3.63, 3.8) is 0 Å². The molecule has 2 aromatic carbocycles. The summed E-state index contributed by atoms with van der Waals surface area (Å²) in [6, 6.07) is 15.0. The first-order valence-corrected chi connectivity index (χ1v) is 7.81. The zero-order valence-electron chi connectivity index (χ0n) is 13.5. The number of benzene rings is 2. The summed E-state index contributed by atoms with van der Waals surface area (Å²) in [5.41, 5.74) is 13.0. The second kappa shape index (κ2) is 4.62. The number of anilines is 1. The quantitative estimate of drug-likeness (QED) is 0.706. The number of hydrogen-bond acceptors (Lipinski definition) is 1. The van der Waals surface area contributed by atoms with E-state index in [2.05, 4.69) is 64.1 Å². The van der Waals surface area contributed by atoms with Gasteiger partial charge in [0, 0.05) is 11.3 Å². The minimum Gasteiger partial charge on any atom is -0.398 e. The average Bonchev–Trinajstić information content (AvgIpc) is 2.45. The zero-order valence-corrected chi connectivity index (χ0v) is 13.5. The fourth-order valence-corrected chi connectivity index (χ4v) is 3.50. The van der Waals surface area contributed by atoms with Crippen LogP contribution in [0.25, 0.3) is 11.1 Å². The predicted octanol–water partition coefficient (Wildman–Crippen LogP) is 5.28. The molecule has 0 fully saturated rings. The average molecular weight is 279 g/mol. The maximum atomic E-state index is 6.39. The van der Waals surface area contributed by atoms with Crippen molar-refractivity contribution in [1.82, 2.24) is 0 Å². The zero-order chi connectivity index (χ0) is 15.3. The minimum absolute atomic E-state index is 0.216. The van der Waals surface area contributed by atoms with E-state index in [1.165, 1.54) is 35.1 Å². The molecule has 0 bridgehead atoms. The van der Waals surface area contributed by atoms with E-state index in [1.54, 1.807) is 0 Å². The standard InChI is InChI=1S/C20H25N/c1-19(2)10-11-20(3,4)17-13-18(21)15(12-16(17)19)14-8-6-5-7-9-14/h5-9,12-13H,10-11,21H2,1-4H3. The van der Waals surface area contributed by atoms with Gasteiger partial charge in [-0.1, -0.05) is 58.0 Å². The molecule has 21 heavy (non-hydrogen) atoms. The topological polar surface area (TPSA) is 26.0 Å². The van der Waals surface area contributed by atoms with Gasteiger partial charge in [-0.2, -0.15) is 0 Å². The van der Waals surface area contributed by atoms with Crippen LogP contribution in [0.1, 0.15) is 51.7 Å². The van der Waals surface area contributed by atoms with E-state index < -0.39 is 0 Å². The molecular weight excluding hydrogens is 254 g/mol. The Balaban J connectivity index is 2.24. The van der Waals surface area contributed by atoms with Crippen LogP contribution in [0, 0.1) is 0 Å². The van der Waals surface area contributed by atoms with Crippen LogP contribution in [0.2, 0.25) is 0 Å². The molecule has 2 aromatic rings.